The predicted molar refractivity (Wildman–Crippen MR) is 164 cm³/mol. The van der Waals surface area contributed by atoms with Crippen LogP contribution in [0.4, 0.5) is 0 Å². The highest BCUT2D eigenvalue weighted by Crippen LogP contribution is 2.66. The van der Waals surface area contributed by atoms with Gasteiger partial charge in [-0.2, -0.15) is 0 Å². The number of rotatable bonds is 2. The van der Waals surface area contributed by atoms with Crippen molar-refractivity contribution >= 4 is 23.5 Å². The zero-order valence-corrected chi connectivity index (χ0v) is 23.6. The largest absolute Gasteiger partial charge is 0.375 e. The second kappa shape index (κ2) is 9.72. The summed E-state index contributed by atoms with van der Waals surface area (Å²) in [5.41, 5.74) is 6.82. The Bertz CT molecular complexity index is 1500. The van der Waals surface area contributed by atoms with Crippen LogP contribution in [0.5, 0.6) is 0 Å². The monoisotopic (exact) mass is 547 g/mol. The van der Waals surface area contributed by atoms with E-state index in [1.807, 2.05) is 24.0 Å². The van der Waals surface area contributed by atoms with Crippen molar-refractivity contribution in [1.29, 1.82) is 0 Å². The number of nitrogens with zero attached hydrogens (tertiary/aromatic N) is 1. The minimum Gasteiger partial charge on any atom is -0.375 e. The summed E-state index contributed by atoms with van der Waals surface area (Å²) in [6.45, 7) is 0.926. The quantitative estimate of drug-likeness (QED) is 0.378. The maximum absolute atomic E-state index is 4.70. The Hall–Kier alpha value is -2.73. The zero-order valence-electron chi connectivity index (χ0n) is 22.0. The van der Waals surface area contributed by atoms with Crippen LogP contribution in [-0.2, 0) is 5.41 Å². The summed E-state index contributed by atoms with van der Waals surface area (Å²) in [6.07, 6.45) is 27.3. The lowest BCUT2D eigenvalue weighted by atomic mass is 9.56. The number of hydrogen-bond acceptors (Lipinski definition) is 5. The van der Waals surface area contributed by atoms with Gasteiger partial charge in [0.1, 0.15) is 0 Å². The van der Waals surface area contributed by atoms with Gasteiger partial charge in [0, 0.05) is 39.3 Å². The third-order valence-corrected chi connectivity index (χ3v) is 11.8. The molecule has 196 valence electrons. The fraction of sp³-hybridized carbons (Fsp3) is 0.324. The molecule has 2 aromatic rings. The van der Waals surface area contributed by atoms with Crippen molar-refractivity contribution in [1.82, 2.24) is 15.6 Å². The zero-order chi connectivity index (χ0) is 25.8. The standard InChI is InChI=1S/C34H33N3S2/c1-3-11-29-24(8-1)34(25-9-2-4-12-30(25)38-29)26-15-13-22(28-10-5-6-17-35-28)20-31(26)39-32-21-23(14-16-27(32)34)33-36-18-7-19-37-33/h3,5-7,9-18,20,23-24,29,33,36-37H,1-2,4,8,19,21H2. The van der Waals surface area contributed by atoms with Crippen molar-refractivity contribution in [3.8, 4) is 11.3 Å². The summed E-state index contributed by atoms with van der Waals surface area (Å²) < 4.78 is 0. The van der Waals surface area contributed by atoms with Crippen LogP contribution in [0.15, 0.2) is 117 Å². The SMILES string of the molecule is C1=CC2SC3=CCCC=C3C3(C4=C(CC(C5NC=CCN5)C=C4)Sc4cc(-c5ccccn5)ccc43)C2CC1. The molecule has 0 bridgehead atoms. The molecule has 1 aromatic heterocycles. The summed E-state index contributed by atoms with van der Waals surface area (Å²) in [5, 5.41) is 7.77. The molecule has 2 N–H and O–H groups in total. The highest BCUT2D eigenvalue weighted by molar-refractivity contribution is 8.04. The third kappa shape index (κ3) is 3.81. The number of pyridine rings is 1. The van der Waals surface area contributed by atoms with Crippen molar-refractivity contribution in [2.24, 2.45) is 11.8 Å². The predicted octanol–water partition coefficient (Wildman–Crippen LogP) is 7.64. The minimum absolute atomic E-state index is 0.0969. The van der Waals surface area contributed by atoms with Gasteiger partial charge < -0.3 is 5.32 Å². The third-order valence-electron chi connectivity index (χ3n) is 9.26. The molecule has 5 atom stereocenters. The summed E-state index contributed by atoms with van der Waals surface area (Å²) in [5.74, 6) is 0.976. The van der Waals surface area contributed by atoms with Gasteiger partial charge in [0.2, 0.25) is 0 Å². The molecule has 3 aliphatic carbocycles. The van der Waals surface area contributed by atoms with Crippen molar-refractivity contribution < 1.29 is 0 Å². The van der Waals surface area contributed by atoms with Crippen LogP contribution in [-0.4, -0.2) is 22.9 Å². The van der Waals surface area contributed by atoms with Crippen LogP contribution in [0.1, 0.15) is 37.7 Å². The maximum Gasteiger partial charge on any atom is 0.0833 e. The molecule has 1 spiro atoms. The van der Waals surface area contributed by atoms with E-state index in [9.17, 15) is 0 Å². The number of aromatic nitrogens is 1. The molecule has 3 nitrogen and oxygen atoms in total. The van der Waals surface area contributed by atoms with E-state index >= 15 is 0 Å². The van der Waals surface area contributed by atoms with Gasteiger partial charge in [-0.1, -0.05) is 72.5 Å². The topological polar surface area (TPSA) is 37.0 Å². The first kappa shape index (κ1) is 24.1. The fourth-order valence-corrected chi connectivity index (χ4v) is 10.6. The number of nitrogens with one attached hydrogen (secondary N) is 2. The molecule has 0 amide bonds. The van der Waals surface area contributed by atoms with Crippen LogP contribution in [0, 0.1) is 11.8 Å². The van der Waals surface area contributed by atoms with Crippen molar-refractivity contribution in [2.45, 2.75) is 53.8 Å². The molecule has 39 heavy (non-hydrogen) atoms. The lowest BCUT2D eigenvalue weighted by Gasteiger charge is -2.56. The lowest BCUT2D eigenvalue weighted by molar-refractivity contribution is 0.328. The van der Waals surface area contributed by atoms with Gasteiger partial charge in [-0.15, -0.1) is 11.8 Å². The van der Waals surface area contributed by atoms with Gasteiger partial charge in [0.15, 0.2) is 0 Å². The number of hydrogen-bond donors (Lipinski definition) is 2. The van der Waals surface area contributed by atoms with E-state index < -0.39 is 0 Å². The molecular formula is C34H33N3S2. The Labute approximate surface area is 239 Å². The van der Waals surface area contributed by atoms with E-state index in [0.29, 0.717) is 17.1 Å². The first-order valence-corrected chi connectivity index (χ1v) is 16.1. The highest BCUT2D eigenvalue weighted by Gasteiger charge is 2.56. The van der Waals surface area contributed by atoms with E-state index in [1.165, 1.54) is 33.8 Å². The molecule has 8 rings (SSSR count). The first-order chi connectivity index (χ1) is 19.3. The number of fused-ring (bicyclic) bond motifs is 7. The van der Waals surface area contributed by atoms with Gasteiger partial charge >= 0.3 is 0 Å². The van der Waals surface area contributed by atoms with Gasteiger partial charge in [-0.3, -0.25) is 10.3 Å². The Balaban J connectivity index is 1.33. The van der Waals surface area contributed by atoms with Crippen molar-refractivity contribution in [2.75, 3.05) is 6.54 Å². The van der Waals surface area contributed by atoms with Gasteiger partial charge in [0.05, 0.1) is 17.3 Å². The smallest absolute Gasteiger partial charge is 0.0833 e. The normalized spacial score (nSPS) is 32.4. The second-order valence-electron chi connectivity index (χ2n) is 11.3. The van der Waals surface area contributed by atoms with E-state index in [1.54, 1.807) is 16.1 Å². The lowest BCUT2D eigenvalue weighted by Crippen LogP contribution is -2.51. The molecule has 6 aliphatic rings. The Morgan fingerprint density at radius 2 is 1.97 bits per heavy atom. The molecule has 5 heteroatoms. The Morgan fingerprint density at radius 1 is 1.00 bits per heavy atom. The Kier molecular flexibility index (Phi) is 6.01. The van der Waals surface area contributed by atoms with Crippen LogP contribution >= 0.6 is 23.5 Å². The molecule has 1 aromatic carbocycles. The Morgan fingerprint density at radius 3 is 2.87 bits per heavy atom. The van der Waals surface area contributed by atoms with Crippen LogP contribution < -0.4 is 10.6 Å². The maximum atomic E-state index is 4.70. The molecule has 0 saturated carbocycles. The minimum atomic E-state index is -0.0969. The van der Waals surface area contributed by atoms with Crippen LogP contribution in [0.25, 0.3) is 11.3 Å². The van der Waals surface area contributed by atoms with Crippen molar-refractivity contribution in [3.05, 3.63) is 118 Å². The molecule has 0 radical (unpaired) electrons. The van der Waals surface area contributed by atoms with Gasteiger partial charge in [-0.25, -0.2) is 0 Å². The first-order valence-electron chi connectivity index (χ1n) is 14.4. The average molecular weight is 548 g/mol. The summed E-state index contributed by atoms with van der Waals surface area (Å²) in [6, 6.07) is 13.4. The summed E-state index contributed by atoms with van der Waals surface area (Å²) in [4.78, 5) is 9.19. The van der Waals surface area contributed by atoms with E-state index in [-0.39, 0.29) is 11.6 Å². The number of thioether (sulfide) groups is 2. The molecular weight excluding hydrogens is 515 g/mol. The molecule has 5 unspecified atom stereocenters. The van der Waals surface area contributed by atoms with Crippen LogP contribution in [0.3, 0.4) is 0 Å². The van der Waals surface area contributed by atoms with Crippen molar-refractivity contribution in [3.63, 3.8) is 0 Å². The van der Waals surface area contributed by atoms with E-state index in [4.69, 9.17) is 4.98 Å². The number of benzene rings is 1. The molecule has 1 fully saturated rings. The molecule has 3 aliphatic heterocycles. The van der Waals surface area contributed by atoms with Gasteiger partial charge in [-0.05, 0) is 84.0 Å². The average Bonchev–Trinajstić information content (AvgIpc) is 3.01. The fourth-order valence-electron chi connectivity index (χ4n) is 7.59. The second-order valence-corrected chi connectivity index (χ2v) is 13.7. The van der Waals surface area contributed by atoms with Crippen LogP contribution in [0.2, 0.25) is 0 Å². The molecule has 4 heterocycles. The van der Waals surface area contributed by atoms with E-state index in [0.717, 1.165) is 31.5 Å². The van der Waals surface area contributed by atoms with E-state index in [2.05, 4.69) is 101 Å². The molecule has 1 saturated heterocycles. The summed E-state index contributed by atoms with van der Waals surface area (Å²) in [7, 11) is 0. The van der Waals surface area contributed by atoms with Gasteiger partial charge in [0.25, 0.3) is 0 Å². The number of allylic oxidation sites excluding steroid dienone is 7. The summed E-state index contributed by atoms with van der Waals surface area (Å²) >= 11 is 4.14. The highest BCUT2D eigenvalue weighted by atomic mass is 32.2.